The van der Waals surface area contributed by atoms with E-state index in [0.717, 1.165) is 39.2 Å². The van der Waals surface area contributed by atoms with E-state index in [-0.39, 0.29) is 10.8 Å². The predicted octanol–water partition coefficient (Wildman–Crippen LogP) is 8.23. The fourth-order valence-corrected chi connectivity index (χ4v) is 4.19. The number of fused-ring (bicyclic) bond motifs is 1. The second-order valence-electron chi connectivity index (χ2n) is 11.3. The molecule has 36 heavy (non-hydrogen) atoms. The molecule has 0 aliphatic carbocycles. The van der Waals surface area contributed by atoms with Crippen molar-refractivity contribution in [2.24, 2.45) is 4.99 Å². The molecule has 182 valence electrons. The van der Waals surface area contributed by atoms with Gasteiger partial charge in [-0.15, -0.1) is 0 Å². The normalized spacial score (nSPS) is 12.6. The summed E-state index contributed by atoms with van der Waals surface area (Å²) in [5, 5.41) is 7.10. The lowest BCUT2D eigenvalue weighted by Crippen LogP contribution is -2.17. The summed E-state index contributed by atoms with van der Waals surface area (Å²) in [7, 11) is 0. The summed E-state index contributed by atoms with van der Waals surface area (Å²) in [5.74, 6) is 0.545. The quantitative estimate of drug-likeness (QED) is 0.266. The molecule has 3 aromatic carbocycles. The lowest BCUT2D eigenvalue weighted by atomic mass is 9.79. The van der Waals surface area contributed by atoms with Gasteiger partial charge in [0.2, 0.25) is 5.89 Å². The van der Waals surface area contributed by atoms with Crippen LogP contribution in [0.4, 0.5) is 5.69 Å². The first-order valence-corrected chi connectivity index (χ1v) is 12.3. The van der Waals surface area contributed by atoms with Gasteiger partial charge in [-0.25, -0.2) is 4.98 Å². The average molecular weight is 477 g/mol. The van der Waals surface area contributed by atoms with Gasteiger partial charge in [-0.1, -0.05) is 71.9 Å². The number of nitrogens with zero attached hydrogens (tertiary/aromatic N) is 3. The Morgan fingerprint density at radius 3 is 2.17 bits per heavy atom. The van der Waals surface area contributed by atoms with E-state index in [1.54, 1.807) is 6.20 Å². The molecule has 0 spiro atoms. The van der Waals surface area contributed by atoms with Crippen molar-refractivity contribution >= 4 is 23.0 Å². The second-order valence-corrected chi connectivity index (χ2v) is 11.3. The van der Waals surface area contributed by atoms with Crippen molar-refractivity contribution in [3.05, 3.63) is 89.6 Å². The highest BCUT2D eigenvalue weighted by Crippen LogP contribution is 2.35. The minimum Gasteiger partial charge on any atom is -0.436 e. The molecule has 5 aromatic rings. The number of benzene rings is 3. The molecule has 0 saturated carbocycles. The van der Waals surface area contributed by atoms with Gasteiger partial charge in [0.1, 0.15) is 5.52 Å². The Kier molecular flexibility index (Phi) is 5.87. The number of H-pyrrole nitrogens is 1. The van der Waals surface area contributed by atoms with Crippen molar-refractivity contribution in [3.8, 4) is 22.7 Å². The van der Waals surface area contributed by atoms with E-state index in [1.165, 1.54) is 11.1 Å². The minimum absolute atomic E-state index is 0.0479. The van der Waals surface area contributed by atoms with Crippen LogP contribution in [0.25, 0.3) is 33.8 Å². The van der Waals surface area contributed by atoms with Crippen LogP contribution in [0.3, 0.4) is 0 Å². The lowest BCUT2D eigenvalue weighted by molar-refractivity contribution is 0.568. The maximum absolute atomic E-state index is 6.19. The summed E-state index contributed by atoms with van der Waals surface area (Å²) in [6.45, 7) is 13.5. The van der Waals surface area contributed by atoms with Crippen LogP contribution in [-0.2, 0) is 10.8 Å². The molecule has 2 aromatic heterocycles. The van der Waals surface area contributed by atoms with Crippen molar-refractivity contribution in [1.82, 2.24) is 15.2 Å². The molecule has 0 bridgehead atoms. The summed E-state index contributed by atoms with van der Waals surface area (Å²) >= 11 is 0. The molecule has 5 nitrogen and oxygen atoms in total. The van der Waals surface area contributed by atoms with Crippen LogP contribution in [-0.4, -0.2) is 21.4 Å². The fourth-order valence-electron chi connectivity index (χ4n) is 4.19. The number of aromatic nitrogens is 3. The molecular formula is C31H32N4O. The summed E-state index contributed by atoms with van der Waals surface area (Å²) in [6, 6.07) is 22.6. The van der Waals surface area contributed by atoms with Gasteiger partial charge in [-0.3, -0.25) is 10.1 Å². The van der Waals surface area contributed by atoms with Crippen LogP contribution in [0.15, 0.2) is 82.3 Å². The first-order chi connectivity index (χ1) is 17.1. The van der Waals surface area contributed by atoms with Gasteiger partial charge in [0.05, 0.1) is 16.9 Å². The first kappa shape index (κ1) is 23.7. The van der Waals surface area contributed by atoms with Crippen molar-refractivity contribution in [3.63, 3.8) is 0 Å². The highest BCUT2D eigenvalue weighted by molar-refractivity contribution is 5.92. The summed E-state index contributed by atoms with van der Waals surface area (Å²) in [5.41, 5.74) is 8.82. The number of aliphatic imine (C=N–C) groups is 1. The Bertz CT molecular complexity index is 1510. The zero-order valence-electron chi connectivity index (χ0n) is 21.8. The molecule has 0 atom stereocenters. The Morgan fingerprint density at radius 2 is 1.50 bits per heavy atom. The summed E-state index contributed by atoms with van der Waals surface area (Å²) in [6.07, 6.45) is 3.68. The van der Waals surface area contributed by atoms with E-state index in [9.17, 15) is 0 Å². The predicted molar refractivity (Wildman–Crippen MR) is 148 cm³/mol. The van der Waals surface area contributed by atoms with Crippen molar-refractivity contribution in [1.29, 1.82) is 0 Å². The van der Waals surface area contributed by atoms with Crippen LogP contribution < -0.4 is 0 Å². The van der Waals surface area contributed by atoms with E-state index in [2.05, 4.69) is 69.9 Å². The maximum Gasteiger partial charge on any atom is 0.229 e. The number of aromatic amines is 1. The Hall–Kier alpha value is -3.99. The standard InChI is InChI=1S/C31H32N4O/c1-30(2,3)21-16-20(17-22(18-21)31(4,5)6)19-32-25-12-8-7-10-24(25)29-34-28-23(26-14-15-33-35-26)11-9-13-27(28)36-29/h7-19H,1-6H3,(H,33,35). The highest BCUT2D eigenvalue weighted by atomic mass is 16.3. The third kappa shape index (κ3) is 4.74. The van der Waals surface area contributed by atoms with Gasteiger partial charge in [0, 0.05) is 18.0 Å². The molecule has 0 unspecified atom stereocenters. The van der Waals surface area contributed by atoms with Crippen LogP contribution in [0.1, 0.15) is 58.2 Å². The smallest absolute Gasteiger partial charge is 0.229 e. The second kappa shape index (κ2) is 8.90. The van der Waals surface area contributed by atoms with Gasteiger partial charge in [0.25, 0.3) is 0 Å². The molecule has 2 heterocycles. The lowest BCUT2D eigenvalue weighted by Gasteiger charge is -2.25. The molecule has 1 N–H and O–H groups in total. The van der Waals surface area contributed by atoms with Crippen LogP contribution in [0.2, 0.25) is 0 Å². The molecule has 0 fully saturated rings. The monoisotopic (exact) mass is 476 g/mol. The number of oxazole rings is 1. The molecule has 5 heteroatoms. The van der Waals surface area contributed by atoms with E-state index in [1.807, 2.05) is 54.7 Å². The van der Waals surface area contributed by atoms with E-state index in [4.69, 9.17) is 14.4 Å². The molecular weight excluding hydrogens is 444 g/mol. The Morgan fingerprint density at radius 1 is 0.806 bits per heavy atom. The van der Waals surface area contributed by atoms with Crippen molar-refractivity contribution in [2.45, 2.75) is 52.4 Å². The minimum atomic E-state index is 0.0479. The molecule has 0 amide bonds. The van der Waals surface area contributed by atoms with E-state index < -0.39 is 0 Å². The van der Waals surface area contributed by atoms with Gasteiger partial charge in [0.15, 0.2) is 5.58 Å². The third-order valence-electron chi connectivity index (χ3n) is 6.38. The van der Waals surface area contributed by atoms with Gasteiger partial charge in [-0.2, -0.15) is 5.10 Å². The molecule has 0 aliphatic heterocycles. The number of hydrogen-bond acceptors (Lipinski definition) is 4. The van der Waals surface area contributed by atoms with Gasteiger partial charge < -0.3 is 4.42 Å². The zero-order chi connectivity index (χ0) is 25.5. The number of rotatable bonds is 4. The number of para-hydroxylation sites is 2. The number of hydrogen-bond donors (Lipinski definition) is 1. The molecule has 5 rings (SSSR count). The van der Waals surface area contributed by atoms with E-state index >= 15 is 0 Å². The number of nitrogens with one attached hydrogen (secondary N) is 1. The Labute approximate surface area is 212 Å². The van der Waals surface area contributed by atoms with Gasteiger partial charge in [-0.05, 0) is 63.9 Å². The largest absolute Gasteiger partial charge is 0.436 e. The Balaban J connectivity index is 1.56. The summed E-state index contributed by atoms with van der Waals surface area (Å²) < 4.78 is 6.19. The van der Waals surface area contributed by atoms with Crippen LogP contribution in [0.5, 0.6) is 0 Å². The maximum atomic E-state index is 6.19. The van der Waals surface area contributed by atoms with Gasteiger partial charge >= 0.3 is 0 Å². The van der Waals surface area contributed by atoms with E-state index in [0.29, 0.717) is 5.89 Å². The average Bonchev–Trinajstić information content (AvgIpc) is 3.51. The van der Waals surface area contributed by atoms with Crippen molar-refractivity contribution in [2.75, 3.05) is 0 Å². The van der Waals surface area contributed by atoms with Crippen LogP contribution >= 0.6 is 0 Å². The molecule has 0 radical (unpaired) electrons. The summed E-state index contributed by atoms with van der Waals surface area (Å²) in [4.78, 5) is 9.76. The SMILES string of the molecule is CC(C)(C)c1cc(C=Nc2ccccc2-c2nc3c(-c4ccn[nH]4)cccc3o2)cc(C(C)(C)C)c1. The molecule has 0 saturated heterocycles. The fraction of sp³-hybridized carbons (Fsp3) is 0.258. The topological polar surface area (TPSA) is 67.1 Å². The molecule has 0 aliphatic rings. The third-order valence-corrected chi connectivity index (χ3v) is 6.38. The highest BCUT2D eigenvalue weighted by Gasteiger charge is 2.20. The van der Waals surface area contributed by atoms with Crippen LogP contribution in [0, 0.1) is 0 Å². The zero-order valence-corrected chi connectivity index (χ0v) is 21.8. The first-order valence-electron chi connectivity index (χ1n) is 12.3. The van der Waals surface area contributed by atoms with Crippen molar-refractivity contribution < 1.29 is 4.42 Å².